The standard InChI is InChI=1S/C38H55N3O7/c1-9-11-17-29(43)39-22-25(3)47-35(46)30-28-18-19-38(48-28)31(30)33(44)41(27(23-42)21-26-15-13-12-14-16-26)32(38)34(45)40(20-10-2)37(7,8)24-36(4,5)6/h9-10,12-16,25,27-28,30-32,42H,1-2,11,17-24H2,3-8H3,(H,39,43)/t25-,27+,28+,30-,31-,32+,38-/m0/s1. The Balaban J connectivity index is 1.70. The number of allylic oxidation sites excluding steroid dienone is 1. The van der Waals surface area contributed by atoms with Crippen LogP contribution in [0.3, 0.4) is 0 Å². The molecule has 4 rings (SSSR count). The zero-order valence-electron chi connectivity index (χ0n) is 29.6. The van der Waals surface area contributed by atoms with Gasteiger partial charge in [0.05, 0.1) is 37.1 Å². The third kappa shape index (κ3) is 7.70. The summed E-state index contributed by atoms with van der Waals surface area (Å²) in [6.45, 7) is 19.7. The Morgan fingerprint density at radius 1 is 1.17 bits per heavy atom. The van der Waals surface area contributed by atoms with Crippen LogP contribution in [0.15, 0.2) is 55.6 Å². The summed E-state index contributed by atoms with van der Waals surface area (Å²) in [5.74, 6) is -3.29. The van der Waals surface area contributed by atoms with Crippen LogP contribution in [0.5, 0.6) is 0 Å². The molecule has 3 amide bonds. The molecule has 3 heterocycles. The summed E-state index contributed by atoms with van der Waals surface area (Å²) < 4.78 is 12.5. The van der Waals surface area contributed by atoms with E-state index in [1.807, 2.05) is 44.2 Å². The summed E-state index contributed by atoms with van der Waals surface area (Å²) in [5.41, 5.74) is -1.06. The molecule has 3 aliphatic rings. The molecule has 0 saturated carbocycles. The second kappa shape index (κ2) is 14.9. The fourth-order valence-electron chi connectivity index (χ4n) is 8.37. The predicted molar refractivity (Wildman–Crippen MR) is 184 cm³/mol. The van der Waals surface area contributed by atoms with Gasteiger partial charge < -0.3 is 29.7 Å². The number of aliphatic hydroxyl groups is 1. The summed E-state index contributed by atoms with van der Waals surface area (Å²) in [5, 5.41) is 13.6. The van der Waals surface area contributed by atoms with Crippen LogP contribution in [0.25, 0.3) is 0 Å². The number of hydrogen-bond donors (Lipinski definition) is 2. The number of rotatable bonds is 16. The van der Waals surface area contributed by atoms with E-state index in [0.29, 0.717) is 32.1 Å². The summed E-state index contributed by atoms with van der Waals surface area (Å²) >= 11 is 0. The number of ether oxygens (including phenoxy) is 2. The lowest BCUT2D eigenvalue weighted by Crippen LogP contribution is -2.62. The highest BCUT2D eigenvalue weighted by Crippen LogP contribution is 2.59. The van der Waals surface area contributed by atoms with Gasteiger partial charge >= 0.3 is 5.97 Å². The number of hydrogen-bond acceptors (Lipinski definition) is 7. The molecule has 0 unspecified atom stereocenters. The molecule has 1 aromatic carbocycles. The van der Waals surface area contributed by atoms with E-state index >= 15 is 4.79 Å². The van der Waals surface area contributed by atoms with Crippen LogP contribution in [0.2, 0.25) is 0 Å². The fraction of sp³-hybridized carbons (Fsp3) is 0.632. The lowest BCUT2D eigenvalue weighted by atomic mass is 9.70. The summed E-state index contributed by atoms with van der Waals surface area (Å²) in [4.78, 5) is 59.1. The Hall–Kier alpha value is -3.50. The number of likely N-dealkylation sites (tertiary alicyclic amines) is 1. The number of carbonyl (C=O) groups is 4. The molecular weight excluding hydrogens is 610 g/mol. The van der Waals surface area contributed by atoms with Gasteiger partial charge in [-0.15, -0.1) is 13.2 Å². The Labute approximate surface area is 285 Å². The molecule has 0 aliphatic carbocycles. The van der Waals surface area contributed by atoms with Crippen LogP contribution in [-0.2, 0) is 35.1 Å². The first kappa shape index (κ1) is 37.3. The Kier molecular flexibility index (Phi) is 11.6. The number of carbonyl (C=O) groups excluding carboxylic acids is 4. The van der Waals surface area contributed by atoms with Crippen molar-refractivity contribution in [2.75, 3.05) is 19.7 Å². The van der Waals surface area contributed by atoms with Crippen LogP contribution >= 0.6 is 0 Å². The van der Waals surface area contributed by atoms with Crippen molar-refractivity contribution in [2.45, 2.75) is 115 Å². The molecule has 10 heteroatoms. The Morgan fingerprint density at radius 2 is 1.85 bits per heavy atom. The van der Waals surface area contributed by atoms with Crippen molar-refractivity contribution >= 4 is 23.7 Å². The van der Waals surface area contributed by atoms with Gasteiger partial charge in [-0.1, -0.05) is 63.3 Å². The second-order valence-electron chi connectivity index (χ2n) is 15.5. The molecular formula is C38H55N3O7. The molecule has 10 nitrogen and oxygen atoms in total. The summed E-state index contributed by atoms with van der Waals surface area (Å²) in [6.07, 6.45) is 4.87. The van der Waals surface area contributed by atoms with Gasteiger partial charge in [0, 0.05) is 18.5 Å². The molecule has 3 fully saturated rings. The fourth-order valence-corrected chi connectivity index (χ4v) is 8.37. The van der Waals surface area contributed by atoms with Crippen molar-refractivity contribution in [2.24, 2.45) is 17.3 Å². The quantitative estimate of drug-likeness (QED) is 0.200. The van der Waals surface area contributed by atoms with E-state index in [9.17, 15) is 19.5 Å². The van der Waals surface area contributed by atoms with Gasteiger partial charge in [-0.3, -0.25) is 19.2 Å². The highest BCUT2D eigenvalue weighted by Gasteiger charge is 2.76. The first-order chi connectivity index (χ1) is 22.6. The SMILES string of the molecule is C=CCCC(=O)NC[C@H](C)OC(=O)[C@@H]1[C@H]2C(=O)N([C@@H](CO)Cc3ccccc3)[C@H](C(=O)N(CC=C)C(C)(C)CC(C)(C)C)[C@]23CC[C@H]1O3. The number of amides is 3. The van der Waals surface area contributed by atoms with E-state index < -0.39 is 53.2 Å². The minimum atomic E-state index is -1.26. The molecule has 0 aromatic heterocycles. The Morgan fingerprint density at radius 3 is 2.46 bits per heavy atom. The smallest absolute Gasteiger partial charge is 0.312 e. The average molecular weight is 666 g/mol. The molecule has 48 heavy (non-hydrogen) atoms. The van der Waals surface area contributed by atoms with E-state index in [0.717, 1.165) is 5.56 Å². The van der Waals surface area contributed by atoms with Gasteiger partial charge in [0.25, 0.3) is 0 Å². The van der Waals surface area contributed by atoms with E-state index in [-0.39, 0.29) is 49.3 Å². The number of esters is 1. The van der Waals surface area contributed by atoms with E-state index in [1.54, 1.807) is 24.0 Å². The van der Waals surface area contributed by atoms with Gasteiger partial charge in [-0.05, 0) is 63.9 Å². The minimum absolute atomic E-state index is 0.102. The monoisotopic (exact) mass is 665 g/mol. The summed E-state index contributed by atoms with van der Waals surface area (Å²) in [7, 11) is 0. The molecule has 2 N–H and O–H groups in total. The van der Waals surface area contributed by atoms with Crippen LogP contribution < -0.4 is 5.32 Å². The van der Waals surface area contributed by atoms with Crippen LogP contribution in [0.4, 0.5) is 0 Å². The molecule has 3 aliphatic heterocycles. The van der Waals surface area contributed by atoms with Crippen molar-refractivity contribution in [1.29, 1.82) is 0 Å². The molecule has 7 atom stereocenters. The Bertz CT molecular complexity index is 1360. The average Bonchev–Trinajstić information content (AvgIpc) is 3.66. The second-order valence-corrected chi connectivity index (χ2v) is 15.5. The van der Waals surface area contributed by atoms with Crippen LogP contribution in [0, 0.1) is 17.3 Å². The molecule has 264 valence electrons. The van der Waals surface area contributed by atoms with E-state index in [2.05, 4.69) is 39.2 Å². The van der Waals surface area contributed by atoms with Gasteiger partial charge in [-0.25, -0.2) is 0 Å². The molecule has 0 radical (unpaired) electrons. The molecule has 1 spiro atoms. The zero-order chi connectivity index (χ0) is 35.4. The number of benzene rings is 1. The topological polar surface area (TPSA) is 125 Å². The van der Waals surface area contributed by atoms with Crippen molar-refractivity contribution in [1.82, 2.24) is 15.1 Å². The normalized spacial score (nSPS) is 26.1. The van der Waals surface area contributed by atoms with Gasteiger partial charge in [0.1, 0.15) is 17.7 Å². The third-order valence-electron chi connectivity index (χ3n) is 9.91. The van der Waals surface area contributed by atoms with E-state index in [4.69, 9.17) is 9.47 Å². The number of nitrogens with zero attached hydrogens (tertiary/aromatic N) is 2. The summed E-state index contributed by atoms with van der Waals surface area (Å²) in [6, 6.07) is 7.76. The molecule has 3 saturated heterocycles. The maximum Gasteiger partial charge on any atom is 0.312 e. The van der Waals surface area contributed by atoms with Crippen LogP contribution in [-0.4, -0.2) is 93.7 Å². The lowest BCUT2D eigenvalue weighted by molar-refractivity contribution is -0.160. The van der Waals surface area contributed by atoms with Gasteiger partial charge in [0.2, 0.25) is 17.7 Å². The van der Waals surface area contributed by atoms with Gasteiger partial charge in [-0.2, -0.15) is 0 Å². The highest BCUT2D eigenvalue weighted by atomic mass is 16.6. The highest BCUT2D eigenvalue weighted by molar-refractivity contribution is 5.98. The van der Waals surface area contributed by atoms with Crippen molar-refractivity contribution in [3.8, 4) is 0 Å². The number of nitrogens with one attached hydrogen (secondary N) is 1. The van der Waals surface area contributed by atoms with E-state index in [1.165, 1.54) is 4.90 Å². The van der Waals surface area contributed by atoms with Crippen molar-refractivity contribution < 1.29 is 33.8 Å². The first-order valence-electron chi connectivity index (χ1n) is 17.3. The van der Waals surface area contributed by atoms with Crippen LogP contribution in [0.1, 0.15) is 79.2 Å². The number of fused-ring (bicyclic) bond motifs is 1. The maximum absolute atomic E-state index is 15.1. The van der Waals surface area contributed by atoms with Crippen molar-refractivity contribution in [3.63, 3.8) is 0 Å². The maximum atomic E-state index is 15.1. The largest absolute Gasteiger partial charge is 0.460 e. The minimum Gasteiger partial charge on any atom is -0.460 e. The predicted octanol–water partition coefficient (Wildman–Crippen LogP) is 4.21. The molecule has 1 aromatic rings. The first-order valence-corrected chi connectivity index (χ1v) is 17.3. The lowest BCUT2D eigenvalue weighted by Gasteiger charge is -2.46. The molecule has 2 bridgehead atoms. The number of aliphatic hydroxyl groups excluding tert-OH is 1. The third-order valence-corrected chi connectivity index (χ3v) is 9.91. The van der Waals surface area contributed by atoms with Gasteiger partial charge in [0.15, 0.2) is 0 Å². The van der Waals surface area contributed by atoms with Crippen molar-refractivity contribution in [3.05, 3.63) is 61.2 Å². The zero-order valence-corrected chi connectivity index (χ0v) is 29.6.